The number of halogens is 1. The quantitative estimate of drug-likeness (QED) is 0.531. The molecule has 0 fully saturated rings. The monoisotopic (exact) mass is 386 g/mol. The fourth-order valence-corrected chi connectivity index (χ4v) is 4.08. The average molecular weight is 387 g/mol. The standard InChI is InChI=1S/C17H11BrN2O2S/c1-22-14-7-6-10(8-11(14)18)9-15-16(21)20-13-5-3-2-4-12(13)19-17(20)23-15/h2-9H,1H3/b15-9-. The van der Waals surface area contributed by atoms with Crippen molar-refractivity contribution in [1.29, 1.82) is 0 Å². The van der Waals surface area contributed by atoms with Crippen LogP contribution in [0.5, 0.6) is 5.75 Å². The summed E-state index contributed by atoms with van der Waals surface area (Å²) in [6, 6.07) is 13.4. The van der Waals surface area contributed by atoms with Gasteiger partial charge in [-0.05, 0) is 51.8 Å². The van der Waals surface area contributed by atoms with E-state index in [-0.39, 0.29) is 5.56 Å². The van der Waals surface area contributed by atoms with E-state index in [0.29, 0.717) is 4.53 Å². The number of ether oxygens (including phenoxy) is 1. The zero-order valence-electron chi connectivity index (χ0n) is 12.1. The van der Waals surface area contributed by atoms with Crippen LogP contribution in [0.15, 0.2) is 51.7 Å². The lowest BCUT2D eigenvalue weighted by molar-refractivity contribution is 0.412. The van der Waals surface area contributed by atoms with Crippen LogP contribution in [0.4, 0.5) is 0 Å². The molecule has 2 aromatic heterocycles. The average Bonchev–Trinajstić information content (AvgIpc) is 3.05. The predicted molar refractivity (Wildman–Crippen MR) is 96.3 cm³/mol. The summed E-state index contributed by atoms with van der Waals surface area (Å²) in [5.74, 6) is 0.761. The number of fused-ring (bicyclic) bond motifs is 3. The van der Waals surface area contributed by atoms with Crippen LogP contribution in [-0.4, -0.2) is 16.5 Å². The van der Waals surface area contributed by atoms with Gasteiger partial charge in [-0.2, -0.15) is 0 Å². The van der Waals surface area contributed by atoms with Gasteiger partial charge in [-0.15, -0.1) is 0 Å². The van der Waals surface area contributed by atoms with Gasteiger partial charge in [0.25, 0.3) is 5.56 Å². The summed E-state index contributed by atoms with van der Waals surface area (Å²) in [6.45, 7) is 0. The molecule has 114 valence electrons. The molecule has 4 nitrogen and oxygen atoms in total. The first-order valence-corrected chi connectivity index (χ1v) is 8.53. The molecule has 4 aromatic rings. The summed E-state index contributed by atoms with van der Waals surface area (Å²) in [5.41, 5.74) is 2.59. The number of hydrogen-bond acceptors (Lipinski definition) is 4. The van der Waals surface area contributed by atoms with E-state index in [1.165, 1.54) is 11.3 Å². The van der Waals surface area contributed by atoms with Crippen molar-refractivity contribution in [3.05, 3.63) is 67.4 Å². The third-order valence-electron chi connectivity index (χ3n) is 3.62. The second-order valence-electron chi connectivity index (χ2n) is 5.03. The first-order chi connectivity index (χ1) is 11.2. The van der Waals surface area contributed by atoms with E-state index in [4.69, 9.17) is 4.74 Å². The normalized spacial score (nSPS) is 12.3. The van der Waals surface area contributed by atoms with Gasteiger partial charge < -0.3 is 4.74 Å². The molecule has 0 saturated heterocycles. The van der Waals surface area contributed by atoms with Crippen LogP contribution in [-0.2, 0) is 0 Å². The van der Waals surface area contributed by atoms with Gasteiger partial charge in [-0.25, -0.2) is 9.38 Å². The van der Waals surface area contributed by atoms with Gasteiger partial charge in [0.05, 0.1) is 27.1 Å². The molecule has 0 N–H and O–H groups in total. The van der Waals surface area contributed by atoms with Gasteiger partial charge in [0, 0.05) is 0 Å². The van der Waals surface area contributed by atoms with Crippen molar-refractivity contribution in [2.45, 2.75) is 0 Å². The second-order valence-corrected chi connectivity index (χ2v) is 6.89. The van der Waals surface area contributed by atoms with Crippen molar-refractivity contribution in [2.75, 3.05) is 7.11 Å². The SMILES string of the molecule is COc1ccc(/C=c2\sc3nc4ccccc4n3c2=O)cc1Br. The highest BCUT2D eigenvalue weighted by Crippen LogP contribution is 2.25. The Labute approximate surface area is 143 Å². The molecule has 4 rings (SSSR count). The fraction of sp³-hybridized carbons (Fsp3) is 0.0588. The minimum Gasteiger partial charge on any atom is -0.496 e. The molecular formula is C17H11BrN2O2S. The fourth-order valence-electron chi connectivity index (χ4n) is 2.54. The molecule has 0 aliphatic carbocycles. The van der Waals surface area contributed by atoms with Gasteiger partial charge in [0.2, 0.25) is 0 Å². The molecule has 23 heavy (non-hydrogen) atoms. The number of aromatic nitrogens is 2. The highest BCUT2D eigenvalue weighted by Gasteiger charge is 2.10. The molecule has 2 heterocycles. The molecule has 0 radical (unpaired) electrons. The molecule has 0 saturated carbocycles. The van der Waals surface area contributed by atoms with Crippen molar-refractivity contribution in [1.82, 2.24) is 9.38 Å². The van der Waals surface area contributed by atoms with Crippen molar-refractivity contribution < 1.29 is 4.74 Å². The van der Waals surface area contributed by atoms with Gasteiger partial charge in [0.1, 0.15) is 5.75 Å². The Morgan fingerprint density at radius 2 is 2.09 bits per heavy atom. The van der Waals surface area contributed by atoms with E-state index in [1.54, 1.807) is 11.5 Å². The molecule has 0 aliphatic heterocycles. The van der Waals surface area contributed by atoms with Gasteiger partial charge in [-0.3, -0.25) is 4.79 Å². The zero-order valence-corrected chi connectivity index (χ0v) is 14.5. The molecule has 0 unspecified atom stereocenters. The van der Waals surface area contributed by atoms with Gasteiger partial charge in [0.15, 0.2) is 4.96 Å². The third-order valence-corrected chi connectivity index (χ3v) is 5.21. The highest BCUT2D eigenvalue weighted by molar-refractivity contribution is 9.10. The first-order valence-electron chi connectivity index (χ1n) is 6.92. The number of rotatable bonds is 2. The van der Waals surface area contributed by atoms with Crippen LogP contribution in [0.25, 0.3) is 22.1 Å². The van der Waals surface area contributed by atoms with Crippen LogP contribution >= 0.6 is 27.3 Å². The molecule has 0 spiro atoms. The van der Waals surface area contributed by atoms with Crippen LogP contribution in [0.3, 0.4) is 0 Å². The minimum atomic E-state index is -0.0364. The smallest absolute Gasteiger partial charge is 0.274 e. The third kappa shape index (κ3) is 2.34. The van der Waals surface area contributed by atoms with Crippen molar-refractivity contribution in [3.63, 3.8) is 0 Å². The van der Waals surface area contributed by atoms with Crippen LogP contribution in [0.2, 0.25) is 0 Å². The second kappa shape index (κ2) is 5.47. The minimum absolute atomic E-state index is 0.0364. The molecule has 0 atom stereocenters. The number of benzene rings is 2. The van der Waals surface area contributed by atoms with E-state index in [0.717, 1.165) is 31.8 Å². The lowest BCUT2D eigenvalue weighted by Crippen LogP contribution is -2.22. The summed E-state index contributed by atoms with van der Waals surface area (Å²) < 4.78 is 8.41. The molecule has 0 aliphatic rings. The lowest BCUT2D eigenvalue weighted by Gasteiger charge is -2.02. The number of thiazole rings is 1. The number of methoxy groups -OCH3 is 1. The Balaban J connectivity index is 1.94. The van der Waals surface area contributed by atoms with Crippen LogP contribution < -0.4 is 14.8 Å². The van der Waals surface area contributed by atoms with E-state index in [1.807, 2.05) is 48.5 Å². The number of hydrogen-bond donors (Lipinski definition) is 0. The Morgan fingerprint density at radius 1 is 1.26 bits per heavy atom. The van der Waals surface area contributed by atoms with E-state index in [2.05, 4.69) is 20.9 Å². The Bertz CT molecular complexity index is 1150. The van der Waals surface area contributed by atoms with E-state index < -0.39 is 0 Å². The van der Waals surface area contributed by atoms with Crippen molar-refractivity contribution in [3.8, 4) is 5.75 Å². The maximum absolute atomic E-state index is 12.7. The predicted octanol–water partition coefficient (Wildman–Crippen LogP) is 3.23. The zero-order chi connectivity index (χ0) is 16.0. The maximum Gasteiger partial charge on any atom is 0.274 e. The van der Waals surface area contributed by atoms with E-state index in [9.17, 15) is 4.79 Å². The van der Waals surface area contributed by atoms with Crippen LogP contribution in [0.1, 0.15) is 5.56 Å². The van der Waals surface area contributed by atoms with Crippen LogP contribution in [0, 0.1) is 0 Å². The Hall–Kier alpha value is -2.18. The maximum atomic E-state index is 12.7. The molecule has 0 amide bonds. The van der Waals surface area contributed by atoms with Crippen molar-refractivity contribution in [2.24, 2.45) is 0 Å². The topological polar surface area (TPSA) is 43.6 Å². The Kier molecular flexibility index (Phi) is 3.43. The van der Waals surface area contributed by atoms with Gasteiger partial charge >= 0.3 is 0 Å². The van der Waals surface area contributed by atoms with Crippen molar-refractivity contribution >= 4 is 49.3 Å². The summed E-state index contributed by atoms with van der Waals surface area (Å²) in [4.78, 5) is 17.9. The summed E-state index contributed by atoms with van der Waals surface area (Å²) in [5, 5.41) is 0. The number of nitrogens with zero attached hydrogens (tertiary/aromatic N) is 2. The molecule has 6 heteroatoms. The summed E-state index contributed by atoms with van der Waals surface area (Å²) in [6.07, 6.45) is 1.88. The van der Waals surface area contributed by atoms with Gasteiger partial charge in [-0.1, -0.05) is 29.5 Å². The lowest BCUT2D eigenvalue weighted by atomic mass is 10.2. The molecular weight excluding hydrogens is 376 g/mol. The highest BCUT2D eigenvalue weighted by atomic mass is 79.9. The molecule has 2 aromatic carbocycles. The van der Waals surface area contributed by atoms with E-state index >= 15 is 0 Å². The summed E-state index contributed by atoms with van der Waals surface area (Å²) in [7, 11) is 1.62. The number of imidazole rings is 1. The Morgan fingerprint density at radius 3 is 2.87 bits per heavy atom. The first kappa shape index (κ1) is 14.4. The number of para-hydroxylation sites is 2. The summed E-state index contributed by atoms with van der Waals surface area (Å²) >= 11 is 4.86. The largest absolute Gasteiger partial charge is 0.496 e. The molecule has 0 bridgehead atoms.